The van der Waals surface area contributed by atoms with Crippen molar-refractivity contribution in [2.75, 3.05) is 6.61 Å². The highest BCUT2D eigenvalue weighted by Gasteiger charge is 2.64. The molecular weight excluding hydrogens is 490 g/mol. The molecule has 3 N–H and O–H groups in total. The number of nitrogens with one attached hydrogen (secondary N) is 1. The second-order valence-electron chi connectivity index (χ2n) is 14.0. The van der Waals surface area contributed by atoms with Crippen molar-refractivity contribution in [2.45, 2.75) is 122 Å². The van der Waals surface area contributed by atoms with Crippen molar-refractivity contribution in [2.24, 2.45) is 46.3 Å². The molecule has 1 amide bonds. The molecule has 5 saturated carbocycles. The van der Waals surface area contributed by atoms with Gasteiger partial charge in [-0.25, -0.2) is 17.9 Å². The Kier molecular flexibility index (Phi) is 7.23. The minimum Gasteiger partial charge on any atom is -0.449 e. The standard InChI is InChI=1S/C29H49NO6S/c1-5-20-23-17-19(31)10-12-29(23,4)22-11-13-28(3)18(8-9-21(28)24(22)25(20)32)7-6-16-36-26(33)30-37(34,35)27(2)14-15-27/h18-25,31-32H,5-17H2,1-4H3,(H,30,33)/t18-,19+,20+,21-,22-,23-,24-,25+,28+,29+/m0/s1. The first-order valence-corrected chi connectivity index (χ1v) is 16.4. The van der Waals surface area contributed by atoms with E-state index in [1.165, 1.54) is 6.42 Å². The van der Waals surface area contributed by atoms with E-state index in [2.05, 4.69) is 25.5 Å². The molecule has 7 nitrogen and oxygen atoms in total. The second-order valence-corrected chi connectivity index (χ2v) is 16.2. The number of aliphatic hydroxyl groups is 2. The van der Waals surface area contributed by atoms with Crippen LogP contribution in [0.3, 0.4) is 0 Å². The van der Waals surface area contributed by atoms with Crippen molar-refractivity contribution >= 4 is 16.1 Å². The van der Waals surface area contributed by atoms with E-state index in [-0.39, 0.29) is 35.6 Å². The van der Waals surface area contributed by atoms with Gasteiger partial charge < -0.3 is 14.9 Å². The SMILES string of the molecule is CC[C@H]1[C@@H](O)[C@@H]2[C@H](CC[C@]3(C)[C@@H](CCCOC(=O)NS(=O)(=O)C4(C)CC4)CC[C@@H]23)[C@@]2(C)CC[C@@H](O)C[C@@H]12. The first-order valence-electron chi connectivity index (χ1n) is 14.9. The summed E-state index contributed by atoms with van der Waals surface area (Å²) in [6, 6.07) is 0. The Bertz CT molecular complexity index is 981. The highest BCUT2D eigenvalue weighted by atomic mass is 32.2. The van der Waals surface area contributed by atoms with Gasteiger partial charge in [-0.1, -0.05) is 27.2 Å². The lowest BCUT2D eigenvalue weighted by Gasteiger charge is -2.64. The van der Waals surface area contributed by atoms with Crippen LogP contribution in [0.5, 0.6) is 0 Å². The fourth-order valence-corrected chi connectivity index (χ4v) is 10.9. The third-order valence-corrected chi connectivity index (χ3v) is 14.5. The monoisotopic (exact) mass is 539 g/mol. The molecule has 0 spiro atoms. The summed E-state index contributed by atoms with van der Waals surface area (Å²) in [6.45, 7) is 9.00. The molecule has 5 rings (SSSR count). The quantitative estimate of drug-likeness (QED) is 0.393. The summed E-state index contributed by atoms with van der Waals surface area (Å²) in [4.78, 5) is 12.1. The average Bonchev–Trinajstić information content (AvgIpc) is 3.51. The largest absolute Gasteiger partial charge is 0.449 e. The van der Waals surface area contributed by atoms with Gasteiger partial charge in [0.2, 0.25) is 10.0 Å². The molecule has 10 atom stereocenters. The lowest BCUT2D eigenvalue weighted by molar-refractivity contribution is -0.202. The molecule has 0 saturated heterocycles. The van der Waals surface area contributed by atoms with Crippen LogP contribution in [-0.2, 0) is 14.8 Å². The number of carbonyl (C=O) groups is 1. The van der Waals surface area contributed by atoms with Crippen LogP contribution in [0.15, 0.2) is 0 Å². The number of sulfonamides is 1. The summed E-state index contributed by atoms with van der Waals surface area (Å²) < 4.78 is 31.0. The predicted molar refractivity (Wildman–Crippen MR) is 142 cm³/mol. The first-order chi connectivity index (χ1) is 17.4. The Morgan fingerprint density at radius 2 is 1.62 bits per heavy atom. The molecule has 0 aromatic rings. The van der Waals surface area contributed by atoms with Crippen molar-refractivity contribution in [1.29, 1.82) is 0 Å². The lowest BCUT2D eigenvalue weighted by Crippen LogP contribution is -2.62. The third kappa shape index (κ3) is 4.55. The molecule has 0 aromatic heterocycles. The van der Waals surface area contributed by atoms with E-state index in [0.717, 1.165) is 57.8 Å². The maximum absolute atomic E-state index is 12.2. The number of hydrogen-bond acceptors (Lipinski definition) is 6. The van der Waals surface area contributed by atoms with Crippen LogP contribution in [0.25, 0.3) is 0 Å². The van der Waals surface area contributed by atoms with E-state index in [9.17, 15) is 23.4 Å². The van der Waals surface area contributed by atoms with Crippen molar-refractivity contribution in [3.8, 4) is 0 Å². The molecule has 0 aromatic carbocycles. The molecule has 5 fully saturated rings. The van der Waals surface area contributed by atoms with Crippen LogP contribution in [0, 0.1) is 46.3 Å². The molecule has 37 heavy (non-hydrogen) atoms. The van der Waals surface area contributed by atoms with Crippen molar-refractivity contribution in [3.05, 3.63) is 0 Å². The predicted octanol–water partition coefficient (Wildman–Crippen LogP) is 5.00. The summed E-state index contributed by atoms with van der Waals surface area (Å²) in [6.07, 6.45) is 9.87. The van der Waals surface area contributed by atoms with Crippen LogP contribution >= 0.6 is 0 Å². The minimum atomic E-state index is -3.67. The van der Waals surface area contributed by atoms with E-state index in [0.29, 0.717) is 42.4 Å². The number of hydrogen-bond donors (Lipinski definition) is 3. The Hall–Kier alpha value is -0.860. The Morgan fingerprint density at radius 3 is 2.30 bits per heavy atom. The van der Waals surface area contributed by atoms with Crippen molar-refractivity contribution in [3.63, 3.8) is 0 Å². The summed E-state index contributed by atoms with van der Waals surface area (Å²) in [5.41, 5.74) is 0.395. The van der Waals surface area contributed by atoms with E-state index >= 15 is 0 Å². The van der Waals surface area contributed by atoms with Gasteiger partial charge in [0.1, 0.15) is 0 Å². The number of amides is 1. The van der Waals surface area contributed by atoms with Gasteiger partial charge in [0.25, 0.3) is 0 Å². The van der Waals surface area contributed by atoms with Crippen LogP contribution in [0.1, 0.15) is 105 Å². The summed E-state index contributed by atoms with van der Waals surface area (Å²) in [7, 11) is -3.67. The van der Waals surface area contributed by atoms with E-state index in [4.69, 9.17) is 4.74 Å². The molecule has 212 valence electrons. The van der Waals surface area contributed by atoms with E-state index in [1.807, 2.05) is 0 Å². The van der Waals surface area contributed by atoms with E-state index in [1.54, 1.807) is 6.92 Å². The number of ether oxygens (including phenoxy) is 1. The van der Waals surface area contributed by atoms with Crippen molar-refractivity contribution < 1.29 is 28.2 Å². The summed E-state index contributed by atoms with van der Waals surface area (Å²) in [5.74, 6) is 2.59. The van der Waals surface area contributed by atoms with Gasteiger partial charge in [-0.2, -0.15) is 0 Å². The molecule has 0 radical (unpaired) electrons. The first kappa shape index (κ1) is 27.7. The average molecular weight is 540 g/mol. The molecule has 0 aliphatic heterocycles. The van der Waals surface area contributed by atoms with Crippen LogP contribution in [-0.4, -0.2) is 48.3 Å². The van der Waals surface area contributed by atoms with Crippen LogP contribution in [0.4, 0.5) is 4.79 Å². The number of aliphatic hydroxyl groups excluding tert-OH is 2. The van der Waals surface area contributed by atoms with E-state index < -0.39 is 20.9 Å². The molecule has 5 aliphatic carbocycles. The maximum atomic E-state index is 12.2. The van der Waals surface area contributed by atoms with Gasteiger partial charge in [-0.3, -0.25) is 0 Å². The van der Waals surface area contributed by atoms with Gasteiger partial charge in [0.05, 0.1) is 23.6 Å². The molecule has 5 aliphatic rings. The zero-order valence-corrected chi connectivity index (χ0v) is 24.1. The molecular formula is C29H49NO6S. The van der Waals surface area contributed by atoms with Crippen molar-refractivity contribution in [1.82, 2.24) is 4.72 Å². The minimum absolute atomic E-state index is 0.185. The number of rotatable bonds is 7. The fourth-order valence-electron chi connectivity index (χ4n) is 9.74. The third-order valence-electron chi connectivity index (χ3n) is 12.3. The highest BCUT2D eigenvalue weighted by Crippen LogP contribution is 2.69. The van der Waals surface area contributed by atoms with Gasteiger partial charge in [-0.05, 0) is 124 Å². The Labute approximate surface area is 223 Å². The van der Waals surface area contributed by atoms with Crippen LogP contribution < -0.4 is 4.72 Å². The topological polar surface area (TPSA) is 113 Å². The molecule has 0 heterocycles. The van der Waals surface area contributed by atoms with Gasteiger partial charge in [0.15, 0.2) is 0 Å². The lowest BCUT2D eigenvalue weighted by atomic mass is 9.41. The number of fused-ring (bicyclic) bond motifs is 5. The maximum Gasteiger partial charge on any atom is 0.420 e. The Morgan fingerprint density at radius 1 is 0.946 bits per heavy atom. The second kappa shape index (κ2) is 9.65. The number of carbonyl (C=O) groups excluding carboxylic acids is 1. The Balaban J connectivity index is 1.20. The van der Waals surface area contributed by atoms with Gasteiger partial charge >= 0.3 is 6.09 Å². The zero-order valence-electron chi connectivity index (χ0n) is 23.2. The fraction of sp³-hybridized carbons (Fsp3) is 0.966. The highest BCUT2D eigenvalue weighted by molar-refractivity contribution is 7.91. The van der Waals surface area contributed by atoms with Crippen LogP contribution in [0.2, 0.25) is 0 Å². The summed E-state index contributed by atoms with van der Waals surface area (Å²) in [5, 5.41) is 22.3. The zero-order chi connectivity index (χ0) is 26.8. The van der Waals surface area contributed by atoms with Gasteiger partial charge in [0, 0.05) is 0 Å². The summed E-state index contributed by atoms with van der Waals surface area (Å²) >= 11 is 0. The molecule has 0 unspecified atom stereocenters. The normalized spacial score (nSPS) is 46.3. The smallest absolute Gasteiger partial charge is 0.420 e. The molecule has 8 heteroatoms. The van der Waals surface area contributed by atoms with Gasteiger partial charge in [-0.15, -0.1) is 0 Å². The molecule has 0 bridgehead atoms.